The van der Waals surface area contributed by atoms with Crippen LogP contribution in [0.1, 0.15) is 39.7 Å². The van der Waals surface area contributed by atoms with Crippen LogP contribution in [0.3, 0.4) is 0 Å². The monoisotopic (exact) mass is 608 g/mol. The van der Waals surface area contributed by atoms with Crippen molar-refractivity contribution in [2.45, 2.75) is 19.0 Å². The molecule has 0 saturated carbocycles. The summed E-state index contributed by atoms with van der Waals surface area (Å²) in [6.45, 7) is 0. The third-order valence-electron chi connectivity index (χ3n) is 9.50. The van der Waals surface area contributed by atoms with Crippen molar-refractivity contribution in [3.63, 3.8) is 0 Å². The van der Waals surface area contributed by atoms with Gasteiger partial charge in [-0.2, -0.15) is 0 Å². The lowest BCUT2D eigenvalue weighted by atomic mass is 9.94. The van der Waals surface area contributed by atoms with Crippen molar-refractivity contribution >= 4 is 82.5 Å². The van der Waals surface area contributed by atoms with Gasteiger partial charge in [-0.05, 0) is 46.2 Å². The highest BCUT2D eigenvalue weighted by molar-refractivity contribution is 7.20. The maximum absolute atomic E-state index is 5.28. The van der Waals surface area contributed by atoms with Crippen molar-refractivity contribution in [1.29, 1.82) is 0 Å². The molecule has 2 N–H and O–H groups in total. The molecule has 46 heavy (non-hydrogen) atoms. The van der Waals surface area contributed by atoms with Gasteiger partial charge in [-0.3, -0.25) is 0 Å². The van der Waals surface area contributed by atoms with Crippen molar-refractivity contribution in [2.75, 3.05) is 0 Å². The van der Waals surface area contributed by atoms with Crippen LogP contribution in [0, 0.1) is 0 Å². The number of thiophene rings is 1. The van der Waals surface area contributed by atoms with Crippen LogP contribution in [0.5, 0.6) is 0 Å². The van der Waals surface area contributed by atoms with Crippen LogP contribution in [0.25, 0.3) is 59.5 Å². The Kier molecular flexibility index (Phi) is 5.60. The number of aromatic nitrogens is 1. The van der Waals surface area contributed by atoms with Gasteiger partial charge in [-0.25, -0.2) is 9.98 Å². The summed E-state index contributed by atoms with van der Waals surface area (Å²) in [6.07, 6.45) is 6.62. The molecule has 0 radical (unpaired) electrons. The first-order valence-corrected chi connectivity index (χ1v) is 16.7. The van der Waals surface area contributed by atoms with Gasteiger partial charge in [0.25, 0.3) is 0 Å². The van der Waals surface area contributed by atoms with Gasteiger partial charge in [0.2, 0.25) is 0 Å². The fourth-order valence-electron chi connectivity index (χ4n) is 7.41. The molecule has 4 nitrogen and oxygen atoms in total. The highest BCUT2D eigenvalue weighted by Crippen LogP contribution is 2.47. The molecular formula is C41H28N4S. The van der Waals surface area contributed by atoms with Crippen molar-refractivity contribution in [2.24, 2.45) is 9.98 Å². The van der Waals surface area contributed by atoms with Crippen molar-refractivity contribution in [3.05, 3.63) is 148 Å². The Morgan fingerprint density at radius 2 is 1.37 bits per heavy atom. The zero-order valence-electron chi connectivity index (χ0n) is 24.9. The van der Waals surface area contributed by atoms with E-state index in [1.807, 2.05) is 23.5 Å². The minimum atomic E-state index is -0.257. The molecule has 10 rings (SSSR count). The van der Waals surface area contributed by atoms with Crippen LogP contribution in [0.15, 0.2) is 131 Å². The zero-order valence-corrected chi connectivity index (χ0v) is 25.7. The number of allylic oxidation sites excluding steroid dienone is 1. The summed E-state index contributed by atoms with van der Waals surface area (Å²) in [7, 11) is 0. The Hall–Kier alpha value is -5.52. The summed E-state index contributed by atoms with van der Waals surface area (Å²) < 4.78 is 1.35. The Morgan fingerprint density at radius 1 is 0.674 bits per heavy atom. The van der Waals surface area contributed by atoms with E-state index in [1.54, 1.807) is 0 Å². The first-order chi connectivity index (χ1) is 22.8. The van der Waals surface area contributed by atoms with E-state index < -0.39 is 0 Å². The molecule has 8 aromatic rings. The van der Waals surface area contributed by atoms with Gasteiger partial charge >= 0.3 is 0 Å². The molecule has 2 aromatic heterocycles. The molecule has 1 aliphatic carbocycles. The Labute approximate surface area is 269 Å². The zero-order chi connectivity index (χ0) is 30.2. The summed E-state index contributed by atoms with van der Waals surface area (Å²) in [5.41, 5.74) is 6.96. The van der Waals surface area contributed by atoms with Crippen LogP contribution >= 0.6 is 11.3 Å². The Balaban J connectivity index is 1.31. The minimum absolute atomic E-state index is 0.257. The number of aryl methyl sites for hydroxylation is 1. The first kappa shape index (κ1) is 25.8. The van der Waals surface area contributed by atoms with Gasteiger partial charge in [0.15, 0.2) is 5.84 Å². The Bertz CT molecular complexity index is 2600. The van der Waals surface area contributed by atoms with E-state index in [1.165, 1.54) is 53.0 Å². The molecule has 3 heterocycles. The topological polar surface area (TPSA) is 52.5 Å². The number of fused-ring (bicyclic) bond motifs is 12. The number of nitrogens with one attached hydrogen (secondary N) is 2. The highest BCUT2D eigenvalue weighted by Gasteiger charge is 2.25. The largest absolute Gasteiger partial charge is 0.353 e. The smallest absolute Gasteiger partial charge is 0.160 e. The standard InChI is InChI=1S/C41H28N4S/c1-3-13-24(14-4-1)39-43-40(25-15-5-2-6-16-25)45-41(44-39)31-23-32-34-27-18-8-9-19-28(27)35-30-21-11-12-22-33(30)46-38(35)37(34)42-36(32)29-20-10-7-17-26(29)31/h1-11,13-21,23,39,42H,12,22H2,(H,43,44,45). The number of aliphatic imine (C=N–C) groups is 2. The SMILES string of the molecule is C1=Cc2c(sc3c4[nH]c5c6ccccc6c(C6=NC(c7ccccc7)NC(c7ccccc7)=N6)cc5c4c4ccccc4c23)CC1. The molecule has 0 fully saturated rings. The normalized spacial score (nSPS) is 16.2. The highest BCUT2D eigenvalue weighted by atomic mass is 32.1. The summed E-state index contributed by atoms with van der Waals surface area (Å²) in [5.74, 6) is 1.56. The maximum atomic E-state index is 5.28. The molecule has 2 aliphatic rings. The molecule has 0 saturated heterocycles. The average molecular weight is 609 g/mol. The summed E-state index contributed by atoms with van der Waals surface area (Å²) in [5, 5.41) is 12.4. The van der Waals surface area contributed by atoms with E-state index >= 15 is 0 Å². The molecule has 1 aliphatic heterocycles. The predicted octanol–water partition coefficient (Wildman–Crippen LogP) is 10.3. The van der Waals surface area contributed by atoms with Crippen LogP contribution in [-0.4, -0.2) is 16.7 Å². The molecule has 218 valence electrons. The van der Waals surface area contributed by atoms with E-state index in [4.69, 9.17) is 9.98 Å². The van der Waals surface area contributed by atoms with E-state index in [9.17, 15) is 0 Å². The molecule has 6 aromatic carbocycles. The molecule has 0 bridgehead atoms. The lowest BCUT2D eigenvalue weighted by Crippen LogP contribution is -2.33. The number of rotatable bonds is 3. The second-order valence-corrected chi connectivity index (χ2v) is 13.2. The summed E-state index contributed by atoms with van der Waals surface area (Å²) >= 11 is 1.96. The van der Waals surface area contributed by atoms with Gasteiger partial charge in [0.1, 0.15) is 12.0 Å². The number of benzene rings is 6. The molecule has 5 heteroatoms. The third kappa shape index (κ3) is 3.79. The van der Waals surface area contributed by atoms with Crippen molar-refractivity contribution in [3.8, 4) is 0 Å². The maximum Gasteiger partial charge on any atom is 0.160 e. The quantitative estimate of drug-likeness (QED) is 0.206. The third-order valence-corrected chi connectivity index (χ3v) is 10.8. The van der Waals surface area contributed by atoms with E-state index in [0.717, 1.165) is 52.1 Å². The molecular weight excluding hydrogens is 581 g/mol. The van der Waals surface area contributed by atoms with Crippen LogP contribution in [0.4, 0.5) is 0 Å². The van der Waals surface area contributed by atoms with Gasteiger partial charge < -0.3 is 10.3 Å². The van der Waals surface area contributed by atoms with Crippen LogP contribution in [0.2, 0.25) is 0 Å². The van der Waals surface area contributed by atoms with Crippen LogP contribution in [-0.2, 0) is 6.42 Å². The van der Waals surface area contributed by atoms with Crippen molar-refractivity contribution < 1.29 is 0 Å². The van der Waals surface area contributed by atoms with Crippen LogP contribution < -0.4 is 5.32 Å². The molecule has 1 unspecified atom stereocenters. The van der Waals surface area contributed by atoms with Gasteiger partial charge in [0.05, 0.1) is 15.7 Å². The molecule has 1 atom stereocenters. The number of hydrogen-bond donors (Lipinski definition) is 2. The number of amidine groups is 2. The lowest BCUT2D eigenvalue weighted by Gasteiger charge is -2.24. The first-order valence-electron chi connectivity index (χ1n) is 15.9. The summed E-state index contributed by atoms with van der Waals surface area (Å²) in [6, 6.07) is 40.7. The van der Waals surface area contributed by atoms with E-state index in [0.29, 0.717) is 0 Å². The number of nitrogens with zero attached hydrogens (tertiary/aromatic N) is 2. The number of aromatic amines is 1. The fraction of sp³-hybridized carbons (Fsp3) is 0.0732. The predicted molar refractivity (Wildman–Crippen MR) is 195 cm³/mol. The average Bonchev–Trinajstić information content (AvgIpc) is 3.72. The fourth-order valence-corrected chi connectivity index (χ4v) is 8.74. The molecule has 0 spiro atoms. The summed E-state index contributed by atoms with van der Waals surface area (Å²) in [4.78, 5) is 15.9. The van der Waals surface area contributed by atoms with Gasteiger partial charge in [-0.15, -0.1) is 11.3 Å². The number of hydrogen-bond acceptors (Lipinski definition) is 4. The Morgan fingerprint density at radius 3 is 2.17 bits per heavy atom. The molecule has 0 amide bonds. The van der Waals surface area contributed by atoms with Crippen molar-refractivity contribution in [1.82, 2.24) is 10.3 Å². The van der Waals surface area contributed by atoms with E-state index in [2.05, 4.69) is 126 Å². The second-order valence-electron chi connectivity index (χ2n) is 12.1. The van der Waals surface area contributed by atoms with Gasteiger partial charge in [-0.1, -0.05) is 121 Å². The minimum Gasteiger partial charge on any atom is -0.353 e. The lowest BCUT2D eigenvalue weighted by molar-refractivity contribution is 0.674. The second kappa shape index (κ2) is 9.99. The number of H-pyrrole nitrogens is 1. The van der Waals surface area contributed by atoms with Gasteiger partial charge in [0, 0.05) is 37.5 Å². The van der Waals surface area contributed by atoms with E-state index in [-0.39, 0.29) is 6.17 Å².